The monoisotopic (exact) mass is 322 g/mol. The maximum atomic E-state index is 11.8. The number of carbonyl (C=O) groups excluding carboxylic acids is 1. The summed E-state index contributed by atoms with van der Waals surface area (Å²) in [6.45, 7) is 7.81. The molecule has 2 rings (SSSR count). The van der Waals surface area contributed by atoms with Gasteiger partial charge in [-0.15, -0.1) is 0 Å². The molecule has 1 heterocycles. The van der Waals surface area contributed by atoms with Crippen molar-refractivity contribution in [2.75, 3.05) is 0 Å². The summed E-state index contributed by atoms with van der Waals surface area (Å²) in [5.74, 6) is 1.00. The third kappa shape index (κ3) is 5.86. The van der Waals surface area contributed by atoms with Crippen LogP contribution in [0, 0.1) is 0 Å². The molecule has 0 radical (unpaired) electrons. The van der Waals surface area contributed by atoms with Crippen LogP contribution in [-0.4, -0.2) is 33.7 Å². The third-order valence-corrected chi connectivity index (χ3v) is 4.14. The number of H-pyrrole nitrogens is 1. The molecule has 0 aromatic carbocycles. The predicted octanol–water partition coefficient (Wildman–Crippen LogP) is 3.29. The van der Waals surface area contributed by atoms with Crippen LogP contribution in [0.2, 0.25) is 0 Å². The van der Waals surface area contributed by atoms with Gasteiger partial charge in [-0.25, -0.2) is 9.78 Å². The van der Waals surface area contributed by atoms with Crippen molar-refractivity contribution in [2.45, 2.75) is 83.5 Å². The summed E-state index contributed by atoms with van der Waals surface area (Å²) in [7, 11) is 0. The van der Waals surface area contributed by atoms with Crippen LogP contribution in [0.3, 0.4) is 0 Å². The van der Waals surface area contributed by atoms with Gasteiger partial charge >= 0.3 is 6.09 Å². The third-order valence-electron chi connectivity index (χ3n) is 4.14. The van der Waals surface area contributed by atoms with Crippen molar-refractivity contribution in [3.63, 3.8) is 0 Å². The lowest BCUT2D eigenvalue weighted by molar-refractivity contribution is 0.0489. The molecule has 1 fully saturated rings. The molecule has 1 atom stereocenters. The second-order valence-corrected chi connectivity index (χ2v) is 7.30. The Morgan fingerprint density at radius 3 is 2.52 bits per heavy atom. The minimum Gasteiger partial charge on any atom is -0.444 e. The molecule has 0 bridgehead atoms. The van der Waals surface area contributed by atoms with Crippen LogP contribution in [-0.2, 0) is 4.74 Å². The van der Waals surface area contributed by atoms with Gasteiger partial charge in [0.25, 0.3) is 0 Å². The van der Waals surface area contributed by atoms with Gasteiger partial charge in [0.2, 0.25) is 0 Å². The summed E-state index contributed by atoms with van der Waals surface area (Å²) in [5, 5.41) is 6.67. The minimum atomic E-state index is -0.444. The second kappa shape index (κ2) is 7.81. The maximum Gasteiger partial charge on any atom is 0.407 e. The highest BCUT2D eigenvalue weighted by atomic mass is 16.6. The van der Waals surface area contributed by atoms with Crippen molar-refractivity contribution in [1.29, 1.82) is 0 Å². The van der Waals surface area contributed by atoms with E-state index in [0.29, 0.717) is 6.04 Å². The average molecular weight is 322 g/mol. The Morgan fingerprint density at radius 1 is 1.35 bits per heavy atom. The minimum absolute atomic E-state index is 0.214. The first-order valence-electron chi connectivity index (χ1n) is 8.62. The number of carbonyl (C=O) groups is 1. The van der Waals surface area contributed by atoms with Gasteiger partial charge < -0.3 is 20.4 Å². The maximum absolute atomic E-state index is 11.8. The zero-order valence-electron chi connectivity index (χ0n) is 14.7. The molecule has 3 N–H and O–H groups in total. The molecule has 1 aliphatic rings. The van der Waals surface area contributed by atoms with E-state index in [4.69, 9.17) is 4.74 Å². The standard InChI is InChI=1S/C17H30N4O2/c1-5-14(15-18-10-11-19-15)20-12-6-8-13(9-7-12)21-16(22)23-17(2,3)4/h10-14,20H,5-9H2,1-4H3,(H,18,19)(H,21,22). The molecule has 130 valence electrons. The Balaban J connectivity index is 1.74. The fourth-order valence-electron chi connectivity index (χ4n) is 3.02. The number of alkyl carbamates (subject to hydrolysis) is 1. The molecule has 23 heavy (non-hydrogen) atoms. The van der Waals surface area contributed by atoms with Crippen molar-refractivity contribution in [3.05, 3.63) is 18.2 Å². The van der Waals surface area contributed by atoms with Crippen LogP contribution in [0.1, 0.15) is 71.7 Å². The fourth-order valence-corrected chi connectivity index (χ4v) is 3.02. The van der Waals surface area contributed by atoms with Crippen molar-refractivity contribution in [2.24, 2.45) is 0 Å². The molecule has 1 saturated carbocycles. The molecule has 1 unspecified atom stereocenters. The van der Waals surface area contributed by atoms with Gasteiger partial charge in [-0.1, -0.05) is 6.92 Å². The number of amides is 1. The Hall–Kier alpha value is -1.56. The van der Waals surface area contributed by atoms with E-state index < -0.39 is 5.60 Å². The normalized spacial score (nSPS) is 23.3. The van der Waals surface area contributed by atoms with E-state index >= 15 is 0 Å². The quantitative estimate of drug-likeness (QED) is 0.777. The summed E-state index contributed by atoms with van der Waals surface area (Å²) in [6, 6.07) is 0.957. The van der Waals surface area contributed by atoms with Crippen molar-refractivity contribution in [1.82, 2.24) is 20.6 Å². The first kappa shape index (κ1) is 17.8. The lowest BCUT2D eigenvalue weighted by Crippen LogP contribution is -2.44. The van der Waals surface area contributed by atoms with E-state index in [9.17, 15) is 4.79 Å². The largest absolute Gasteiger partial charge is 0.444 e. The lowest BCUT2D eigenvalue weighted by atomic mass is 9.90. The Morgan fingerprint density at radius 2 is 2.00 bits per heavy atom. The van der Waals surface area contributed by atoms with Crippen LogP contribution < -0.4 is 10.6 Å². The van der Waals surface area contributed by atoms with Crippen LogP contribution in [0.15, 0.2) is 12.4 Å². The highest BCUT2D eigenvalue weighted by Crippen LogP contribution is 2.23. The van der Waals surface area contributed by atoms with Gasteiger partial charge in [-0.2, -0.15) is 0 Å². The number of aromatic amines is 1. The highest BCUT2D eigenvalue weighted by molar-refractivity contribution is 5.68. The number of ether oxygens (including phenoxy) is 1. The van der Waals surface area contributed by atoms with Crippen LogP contribution in [0.5, 0.6) is 0 Å². The number of imidazole rings is 1. The topological polar surface area (TPSA) is 79.0 Å². The van der Waals surface area contributed by atoms with Crippen LogP contribution in [0.25, 0.3) is 0 Å². The molecule has 0 aliphatic heterocycles. The van der Waals surface area contributed by atoms with Crippen LogP contribution in [0.4, 0.5) is 4.79 Å². The molecular formula is C17H30N4O2. The Kier molecular flexibility index (Phi) is 6.04. The van der Waals surface area contributed by atoms with E-state index in [1.165, 1.54) is 0 Å². The number of nitrogens with one attached hydrogen (secondary N) is 3. The van der Waals surface area contributed by atoms with Gasteiger partial charge in [0.1, 0.15) is 11.4 Å². The zero-order chi connectivity index (χ0) is 16.9. The SMILES string of the molecule is CCC(NC1CCC(NC(=O)OC(C)(C)C)CC1)c1ncc[nH]1. The summed E-state index contributed by atoms with van der Waals surface area (Å²) >= 11 is 0. The van der Waals surface area contributed by atoms with E-state index in [0.717, 1.165) is 37.9 Å². The van der Waals surface area contributed by atoms with Crippen molar-refractivity contribution >= 4 is 6.09 Å². The number of hydrogen-bond donors (Lipinski definition) is 3. The van der Waals surface area contributed by atoms with Crippen molar-refractivity contribution in [3.8, 4) is 0 Å². The summed E-state index contributed by atoms with van der Waals surface area (Å²) in [5.41, 5.74) is -0.444. The lowest BCUT2D eigenvalue weighted by Gasteiger charge is -2.32. The zero-order valence-corrected chi connectivity index (χ0v) is 14.7. The van der Waals surface area contributed by atoms with E-state index in [1.807, 2.05) is 27.0 Å². The van der Waals surface area contributed by atoms with Crippen LogP contribution >= 0.6 is 0 Å². The Bertz CT molecular complexity index is 473. The molecule has 1 amide bonds. The molecule has 0 saturated heterocycles. The molecule has 1 aliphatic carbocycles. The molecular weight excluding hydrogens is 292 g/mol. The van der Waals surface area contributed by atoms with Gasteiger partial charge in [0.15, 0.2) is 0 Å². The highest BCUT2D eigenvalue weighted by Gasteiger charge is 2.26. The first-order valence-corrected chi connectivity index (χ1v) is 8.62. The number of nitrogens with zero attached hydrogens (tertiary/aromatic N) is 1. The van der Waals surface area contributed by atoms with Gasteiger partial charge in [-0.3, -0.25) is 0 Å². The average Bonchev–Trinajstić information content (AvgIpc) is 2.98. The fraction of sp³-hybridized carbons (Fsp3) is 0.765. The molecule has 6 heteroatoms. The number of rotatable bonds is 5. The molecule has 1 aromatic heterocycles. The molecule has 1 aromatic rings. The van der Waals surface area contributed by atoms with E-state index in [2.05, 4.69) is 27.5 Å². The summed E-state index contributed by atoms with van der Waals surface area (Å²) < 4.78 is 5.32. The van der Waals surface area contributed by atoms with E-state index in [-0.39, 0.29) is 18.2 Å². The summed E-state index contributed by atoms with van der Waals surface area (Å²) in [6.07, 6.45) is 8.41. The first-order chi connectivity index (χ1) is 10.9. The molecule has 0 spiro atoms. The van der Waals surface area contributed by atoms with Gasteiger partial charge in [0, 0.05) is 24.5 Å². The van der Waals surface area contributed by atoms with Crippen molar-refractivity contribution < 1.29 is 9.53 Å². The van der Waals surface area contributed by atoms with E-state index in [1.54, 1.807) is 6.20 Å². The number of hydrogen-bond acceptors (Lipinski definition) is 4. The summed E-state index contributed by atoms with van der Waals surface area (Å²) in [4.78, 5) is 19.4. The smallest absolute Gasteiger partial charge is 0.407 e. The molecule has 6 nitrogen and oxygen atoms in total. The number of aromatic nitrogens is 2. The predicted molar refractivity (Wildman–Crippen MR) is 90.2 cm³/mol. The second-order valence-electron chi connectivity index (χ2n) is 7.30. The van der Waals surface area contributed by atoms with Gasteiger partial charge in [0.05, 0.1) is 6.04 Å². The van der Waals surface area contributed by atoms with Gasteiger partial charge in [-0.05, 0) is 52.9 Å². The Labute approximate surface area is 138 Å².